The highest BCUT2D eigenvalue weighted by Gasteiger charge is 2.18. The third-order valence-corrected chi connectivity index (χ3v) is 4.30. The molecule has 1 atom stereocenters. The van der Waals surface area contributed by atoms with Gasteiger partial charge >= 0.3 is 0 Å². The lowest BCUT2D eigenvalue weighted by Gasteiger charge is -2.20. The molecule has 0 radical (unpaired) electrons. The summed E-state index contributed by atoms with van der Waals surface area (Å²) in [6, 6.07) is 9.99. The molecule has 112 valence electrons. The fourth-order valence-electron chi connectivity index (χ4n) is 2.24. The lowest BCUT2D eigenvalue weighted by molar-refractivity contribution is 0.500. The monoisotopic (exact) mass is 417 g/mol. The van der Waals surface area contributed by atoms with Crippen molar-refractivity contribution in [2.45, 2.75) is 19.4 Å². The van der Waals surface area contributed by atoms with Gasteiger partial charge in [-0.1, -0.05) is 35.0 Å². The number of rotatable bonds is 5. The summed E-state index contributed by atoms with van der Waals surface area (Å²) in [7, 11) is 0. The van der Waals surface area contributed by atoms with E-state index >= 15 is 0 Å². The van der Waals surface area contributed by atoms with Gasteiger partial charge in [0, 0.05) is 16.1 Å². The van der Waals surface area contributed by atoms with Crippen LogP contribution in [0.2, 0.25) is 0 Å². The van der Waals surface area contributed by atoms with E-state index in [-0.39, 0.29) is 10.5 Å². The van der Waals surface area contributed by atoms with Crippen LogP contribution in [0.1, 0.15) is 24.1 Å². The standard InChI is InChI=1S/C16H15Br2F2N/c1-2-21-16(7-10-4-3-5-11(17)6-10)12-8-15(20)13(18)9-14(12)19/h3-6,8-9,16,21H,2,7H2,1H3. The first-order chi connectivity index (χ1) is 10.0. The number of benzene rings is 2. The molecular weight excluding hydrogens is 404 g/mol. The normalized spacial score (nSPS) is 12.4. The first kappa shape index (κ1) is 16.6. The van der Waals surface area contributed by atoms with Crippen LogP contribution >= 0.6 is 31.9 Å². The molecule has 0 saturated carbocycles. The summed E-state index contributed by atoms with van der Waals surface area (Å²) in [4.78, 5) is 0. The van der Waals surface area contributed by atoms with Crippen molar-refractivity contribution in [3.63, 3.8) is 0 Å². The molecule has 21 heavy (non-hydrogen) atoms. The van der Waals surface area contributed by atoms with Gasteiger partial charge in [0.2, 0.25) is 0 Å². The Bertz CT molecular complexity index is 632. The summed E-state index contributed by atoms with van der Waals surface area (Å²) in [5, 5.41) is 3.22. The van der Waals surface area contributed by atoms with Crippen LogP contribution in [0.25, 0.3) is 0 Å². The Balaban J connectivity index is 2.33. The van der Waals surface area contributed by atoms with E-state index < -0.39 is 11.6 Å². The van der Waals surface area contributed by atoms with Gasteiger partial charge < -0.3 is 5.32 Å². The van der Waals surface area contributed by atoms with Crippen LogP contribution in [0.3, 0.4) is 0 Å². The average molecular weight is 419 g/mol. The quantitative estimate of drug-likeness (QED) is 0.642. The predicted molar refractivity (Wildman–Crippen MR) is 88.3 cm³/mol. The van der Waals surface area contributed by atoms with Gasteiger partial charge in [0.25, 0.3) is 0 Å². The molecule has 0 bridgehead atoms. The molecule has 1 unspecified atom stereocenters. The van der Waals surface area contributed by atoms with Crippen molar-refractivity contribution in [3.05, 3.63) is 68.1 Å². The Kier molecular flexibility index (Phi) is 5.90. The molecule has 0 fully saturated rings. The van der Waals surface area contributed by atoms with Crippen LogP contribution in [0.5, 0.6) is 0 Å². The molecule has 0 aliphatic heterocycles. The highest BCUT2D eigenvalue weighted by atomic mass is 79.9. The van der Waals surface area contributed by atoms with Gasteiger partial charge in [-0.3, -0.25) is 0 Å². The fourth-order valence-corrected chi connectivity index (χ4v) is 3.01. The van der Waals surface area contributed by atoms with Gasteiger partial charge in [-0.15, -0.1) is 0 Å². The van der Waals surface area contributed by atoms with E-state index in [0.29, 0.717) is 18.5 Å². The van der Waals surface area contributed by atoms with Crippen molar-refractivity contribution in [3.8, 4) is 0 Å². The summed E-state index contributed by atoms with van der Waals surface area (Å²) in [6.07, 6.45) is 0.589. The van der Waals surface area contributed by atoms with Crippen molar-refractivity contribution in [1.29, 1.82) is 0 Å². The largest absolute Gasteiger partial charge is 0.310 e. The summed E-state index contributed by atoms with van der Waals surface area (Å²) >= 11 is 6.43. The summed E-state index contributed by atoms with van der Waals surface area (Å²) in [5.74, 6) is -0.868. The zero-order valence-corrected chi connectivity index (χ0v) is 14.6. The predicted octanol–water partition coefficient (Wildman–Crippen LogP) is 5.38. The van der Waals surface area contributed by atoms with E-state index in [9.17, 15) is 8.78 Å². The maximum Gasteiger partial charge on any atom is 0.137 e. The van der Waals surface area contributed by atoms with Gasteiger partial charge in [-0.25, -0.2) is 8.78 Å². The number of halogens is 4. The first-order valence-electron chi connectivity index (χ1n) is 6.63. The lowest BCUT2D eigenvalue weighted by Crippen LogP contribution is -2.24. The minimum absolute atomic E-state index is 0.140. The Labute approximate surface area is 140 Å². The second-order valence-electron chi connectivity index (χ2n) is 4.73. The molecule has 0 saturated heterocycles. The summed E-state index contributed by atoms with van der Waals surface area (Å²) < 4.78 is 29.0. The minimum Gasteiger partial charge on any atom is -0.310 e. The third-order valence-electron chi connectivity index (χ3n) is 3.19. The summed E-state index contributed by atoms with van der Waals surface area (Å²) in [6.45, 7) is 2.62. The zero-order valence-electron chi connectivity index (χ0n) is 11.5. The molecule has 0 aromatic heterocycles. The van der Waals surface area contributed by atoms with Gasteiger partial charge in [-0.2, -0.15) is 0 Å². The smallest absolute Gasteiger partial charge is 0.137 e. The van der Waals surface area contributed by atoms with Crippen molar-refractivity contribution in [2.75, 3.05) is 6.54 Å². The van der Waals surface area contributed by atoms with Gasteiger partial charge in [0.15, 0.2) is 0 Å². The van der Waals surface area contributed by atoms with E-state index in [2.05, 4.69) is 37.2 Å². The number of hydrogen-bond donors (Lipinski definition) is 1. The van der Waals surface area contributed by atoms with Crippen molar-refractivity contribution in [1.82, 2.24) is 5.32 Å². The van der Waals surface area contributed by atoms with Gasteiger partial charge in [0.1, 0.15) is 11.6 Å². The Morgan fingerprint density at radius 3 is 2.52 bits per heavy atom. The van der Waals surface area contributed by atoms with Crippen LogP contribution in [0.4, 0.5) is 8.78 Å². The molecule has 0 heterocycles. The Hall–Kier alpha value is -0.780. The molecule has 0 aliphatic carbocycles. The van der Waals surface area contributed by atoms with Crippen molar-refractivity contribution in [2.24, 2.45) is 0 Å². The van der Waals surface area contributed by atoms with Crippen LogP contribution < -0.4 is 5.32 Å². The SMILES string of the molecule is CCNC(Cc1cccc(Br)c1)c1cc(F)c(Br)cc1F. The Morgan fingerprint density at radius 1 is 1.10 bits per heavy atom. The fraction of sp³-hybridized carbons (Fsp3) is 0.250. The topological polar surface area (TPSA) is 12.0 Å². The van der Waals surface area contributed by atoms with Crippen LogP contribution in [-0.4, -0.2) is 6.54 Å². The Morgan fingerprint density at radius 2 is 1.86 bits per heavy atom. The second-order valence-corrected chi connectivity index (χ2v) is 6.50. The molecule has 1 nitrogen and oxygen atoms in total. The molecular formula is C16H15Br2F2N. The second kappa shape index (κ2) is 7.47. The molecule has 2 aromatic carbocycles. The molecule has 0 spiro atoms. The molecule has 2 aromatic rings. The lowest BCUT2D eigenvalue weighted by atomic mass is 9.98. The van der Waals surface area contributed by atoms with Crippen LogP contribution in [0, 0.1) is 11.6 Å². The van der Waals surface area contributed by atoms with Crippen molar-refractivity contribution < 1.29 is 8.78 Å². The number of nitrogens with one attached hydrogen (secondary N) is 1. The van der Waals surface area contributed by atoms with E-state index in [1.165, 1.54) is 12.1 Å². The molecule has 0 aliphatic rings. The van der Waals surface area contributed by atoms with Gasteiger partial charge in [-0.05, 0) is 58.7 Å². The van der Waals surface area contributed by atoms with Crippen LogP contribution in [-0.2, 0) is 6.42 Å². The average Bonchev–Trinajstić information content (AvgIpc) is 2.42. The van der Waals surface area contributed by atoms with E-state index in [1.54, 1.807) is 0 Å². The zero-order chi connectivity index (χ0) is 15.4. The van der Waals surface area contributed by atoms with E-state index in [4.69, 9.17) is 0 Å². The number of hydrogen-bond acceptors (Lipinski definition) is 1. The molecule has 1 N–H and O–H groups in total. The van der Waals surface area contributed by atoms with Crippen molar-refractivity contribution >= 4 is 31.9 Å². The van der Waals surface area contributed by atoms with E-state index in [0.717, 1.165) is 10.0 Å². The van der Waals surface area contributed by atoms with E-state index in [1.807, 2.05) is 31.2 Å². The maximum absolute atomic E-state index is 14.1. The molecule has 5 heteroatoms. The first-order valence-corrected chi connectivity index (χ1v) is 8.22. The molecule has 2 rings (SSSR count). The molecule has 0 amide bonds. The minimum atomic E-state index is -0.455. The van der Waals surface area contributed by atoms with Crippen LogP contribution in [0.15, 0.2) is 45.3 Å². The maximum atomic E-state index is 14.1. The van der Waals surface area contributed by atoms with Gasteiger partial charge in [0.05, 0.1) is 4.47 Å². The highest BCUT2D eigenvalue weighted by Crippen LogP contribution is 2.27. The number of likely N-dealkylation sites (N-methyl/N-ethyl adjacent to an activating group) is 1. The summed E-state index contributed by atoms with van der Waals surface area (Å²) in [5.41, 5.74) is 1.40. The highest BCUT2D eigenvalue weighted by molar-refractivity contribution is 9.10. The third kappa shape index (κ3) is 4.34.